The van der Waals surface area contributed by atoms with E-state index in [1.807, 2.05) is 31.3 Å². The molecule has 0 fully saturated rings. The molecule has 3 rings (SSSR count). The second-order valence-corrected chi connectivity index (χ2v) is 5.63. The molecule has 2 heterocycles. The van der Waals surface area contributed by atoms with E-state index in [4.69, 9.17) is 10.00 Å². The van der Waals surface area contributed by atoms with E-state index in [0.29, 0.717) is 10.9 Å². The predicted octanol–water partition coefficient (Wildman–Crippen LogP) is 3.14. The van der Waals surface area contributed by atoms with Gasteiger partial charge in [0.25, 0.3) is 0 Å². The maximum absolute atomic E-state index is 8.96. The van der Waals surface area contributed by atoms with Gasteiger partial charge in [-0.25, -0.2) is 9.97 Å². The smallest absolute Gasteiger partial charge is 0.184 e. The van der Waals surface area contributed by atoms with Crippen molar-refractivity contribution >= 4 is 12.6 Å². The van der Waals surface area contributed by atoms with E-state index < -0.39 is 0 Å². The Bertz CT molecular complexity index is 929. The zero-order chi connectivity index (χ0) is 17.1. The van der Waals surface area contributed by atoms with Crippen molar-refractivity contribution in [2.75, 3.05) is 7.11 Å². The first kappa shape index (κ1) is 16.0. The molecule has 0 aliphatic carbocycles. The van der Waals surface area contributed by atoms with Crippen molar-refractivity contribution < 1.29 is 4.74 Å². The molecule has 0 bridgehead atoms. The first-order chi connectivity index (χ1) is 11.6. The fourth-order valence-electron chi connectivity index (χ4n) is 2.48. The molecule has 24 heavy (non-hydrogen) atoms. The molecular weight excluding hydrogens is 322 g/mol. The molecule has 0 unspecified atom stereocenters. The highest BCUT2D eigenvalue weighted by molar-refractivity contribution is 7.80. The third-order valence-electron chi connectivity index (χ3n) is 3.47. The molecule has 0 radical (unpaired) electrons. The number of thiol groups is 1. The van der Waals surface area contributed by atoms with Crippen LogP contribution in [0.5, 0.6) is 5.75 Å². The molecule has 6 nitrogen and oxygen atoms in total. The number of hydrogen-bond donors (Lipinski definition) is 1. The van der Waals surface area contributed by atoms with Gasteiger partial charge in [-0.2, -0.15) is 10.4 Å². The van der Waals surface area contributed by atoms with Crippen LogP contribution in [0.1, 0.15) is 5.56 Å². The Kier molecular flexibility index (Phi) is 4.49. The lowest BCUT2D eigenvalue weighted by atomic mass is 10.0. The van der Waals surface area contributed by atoms with Gasteiger partial charge in [-0.3, -0.25) is 4.68 Å². The number of nitrogens with zero attached hydrogens (tertiary/aromatic N) is 5. The van der Waals surface area contributed by atoms with Crippen LogP contribution in [0.2, 0.25) is 0 Å². The van der Waals surface area contributed by atoms with E-state index in [0.717, 1.165) is 28.1 Å². The third-order valence-corrected chi connectivity index (χ3v) is 3.69. The van der Waals surface area contributed by atoms with Gasteiger partial charge in [0, 0.05) is 23.5 Å². The van der Waals surface area contributed by atoms with Gasteiger partial charge < -0.3 is 4.74 Å². The van der Waals surface area contributed by atoms with Crippen LogP contribution in [0, 0.1) is 18.3 Å². The fraction of sp³-hybridized carbons (Fsp3) is 0.176. The van der Waals surface area contributed by atoms with Gasteiger partial charge in [0.2, 0.25) is 0 Å². The summed E-state index contributed by atoms with van der Waals surface area (Å²) in [6.07, 6.45) is 3.45. The number of methoxy groups -OCH3 is 1. The number of ether oxygens (including phenoxy) is 1. The van der Waals surface area contributed by atoms with Crippen LogP contribution in [0.15, 0.2) is 41.8 Å². The zero-order valence-electron chi connectivity index (χ0n) is 13.3. The number of benzene rings is 1. The Morgan fingerprint density at radius 2 is 2.17 bits per heavy atom. The summed E-state index contributed by atoms with van der Waals surface area (Å²) in [5, 5.41) is 13.9. The first-order valence-electron chi connectivity index (χ1n) is 7.23. The largest absolute Gasteiger partial charge is 0.497 e. The highest BCUT2D eigenvalue weighted by atomic mass is 32.1. The normalized spacial score (nSPS) is 10.4. The highest BCUT2D eigenvalue weighted by Crippen LogP contribution is 2.32. The third kappa shape index (κ3) is 3.24. The van der Waals surface area contributed by atoms with E-state index in [2.05, 4.69) is 33.8 Å². The molecule has 0 spiro atoms. The molecule has 0 amide bonds. The molecule has 1 aromatic carbocycles. The highest BCUT2D eigenvalue weighted by Gasteiger charge is 2.16. The summed E-state index contributed by atoms with van der Waals surface area (Å²) in [7, 11) is 1.63. The van der Waals surface area contributed by atoms with Crippen molar-refractivity contribution in [2.45, 2.75) is 18.6 Å². The van der Waals surface area contributed by atoms with E-state index in [9.17, 15) is 0 Å². The molecule has 0 aliphatic heterocycles. The van der Waals surface area contributed by atoms with Crippen LogP contribution in [0.3, 0.4) is 0 Å². The molecule has 0 N–H and O–H groups in total. The number of hydrogen-bond acceptors (Lipinski definition) is 6. The summed E-state index contributed by atoms with van der Waals surface area (Å²) >= 11 is 4.20. The van der Waals surface area contributed by atoms with Crippen molar-refractivity contribution in [3.8, 4) is 34.3 Å². The topological polar surface area (TPSA) is 76.6 Å². The van der Waals surface area contributed by atoms with Crippen LogP contribution in [0.4, 0.5) is 0 Å². The number of aromatic nitrogens is 4. The SMILES string of the molecule is COc1cc(C)cc(-c2nn(CC#N)cc2-c2ccnc(S)n2)c1. The number of rotatable bonds is 4. The summed E-state index contributed by atoms with van der Waals surface area (Å²) in [6, 6.07) is 9.78. The lowest BCUT2D eigenvalue weighted by Gasteiger charge is -2.07. The minimum Gasteiger partial charge on any atom is -0.497 e. The van der Waals surface area contributed by atoms with Gasteiger partial charge in [-0.1, -0.05) is 0 Å². The molecule has 0 aliphatic rings. The Morgan fingerprint density at radius 1 is 1.33 bits per heavy atom. The molecule has 3 aromatic rings. The summed E-state index contributed by atoms with van der Waals surface area (Å²) in [5.74, 6) is 0.753. The summed E-state index contributed by atoms with van der Waals surface area (Å²) in [4.78, 5) is 8.36. The van der Waals surface area contributed by atoms with Crippen molar-refractivity contribution in [3.05, 3.63) is 42.2 Å². The van der Waals surface area contributed by atoms with E-state index in [-0.39, 0.29) is 6.54 Å². The molecule has 0 saturated heterocycles. The fourth-order valence-corrected chi connectivity index (χ4v) is 2.65. The Balaban J connectivity index is 2.20. The van der Waals surface area contributed by atoms with Gasteiger partial charge in [-0.15, -0.1) is 12.6 Å². The lowest BCUT2D eigenvalue weighted by Crippen LogP contribution is -1.95. The van der Waals surface area contributed by atoms with Crippen molar-refractivity contribution in [1.29, 1.82) is 5.26 Å². The van der Waals surface area contributed by atoms with Crippen LogP contribution in [0.25, 0.3) is 22.5 Å². The van der Waals surface area contributed by atoms with Gasteiger partial charge >= 0.3 is 0 Å². The Hall–Kier alpha value is -2.85. The van der Waals surface area contributed by atoms with Crippen LogP contribution < -0.4 is 4.74 Å². The van der Waals surface area contributed by atoms with Crippen molar-refractivity contribution in [3.63, 3.8) is 0 Å². The van der Waals surface area contributed by atoms with Gasteiger partial charge in [-0.05, 0) is 36.8 Å². The van der Waals surface area contributed by atoms with Crippen molar-refractivity contribution in [2.24, 2.45) is 0 Å². The average Bonchev–Trinajstić information content (AvgIpc) is 2.98. The molecule has 2 aromatic heterocycles. The predicted molar refractivity (Wildman–Crippen MR) is 92.8 cm³/mol. The van der Waals surface area contributed by atoms with Crippen molar-refractivity contribution in [1.82, 2.24) is 19.7 Å². The number of aryl methyl sites for hydroxylation is 1. The second-order valence-electron chi connectivity index (χ2n) is 5.23. The monoisotopic (exact) mass is 337 g/mol. The molecule has 0 saturated carbocycles. The Morgan fingerprint density at radius 3 is 2.88 bits per heavy atom. The van der Waals surface area contributed by atoms with Crippen LogP contribution in [-0.2, 0) is 6.54 Å². The molecule has 120 valence electrons. The quantitative estimate of drug-likeness (QED) is 0.584. The molecule has 7 heteroatoms. The standard InChI is InChI=1S/C17H15N5OS/c1-11-7-12(9-13(8-11)23-2)16-14(10-22(21-16)6-4-18)15-3-5-19-17(24)20-15/h3,5,7-10H,6H2,1-2H3,(H,19,20,24). The minimum atomic E-state index is 0.161. The van der Waals surface area contributed by atoms with E-state index in [1.165, 1.54) is 0 Å². The van der Waals surface area contributed by atoms with E-state index >= 15 is 0 Å². The lowest BCUT2D eigenvalue weighted by molar-refractivity contribution is 0.414. The maximum Gasteiger partial charge on any atom is 0.184 e. The molecule has 0 atom stereocenters. The van der Waals surface area contributed by atoms with Crippen LogP contribution in [-0.4, -0.2) is 26.9 Å². The van der Waals surface area contributed by atoms with Crippen LogP contribution >= 0.6 is 12.6 Å². The van der Waals surface area contributed by atoms with Gasteiger partial charge in [0.05, 0.1) is 18.9 Å². The maximum atomic E-state index is 8.96. The molecular formula is C17H15N5OS. The van der Waals surface area contributed by atoms with E-state index in [1.54, 1.807) is 24.1 Å². The number of nitriles is 1. The zero-order valence-corrected chi connectivity index (χ0v) is 14.2. The average molecular weight is 337 g/mol. The summed E-state index contributed by atoms with van der Waals surface area (Å²) in [5.41, 5.74) is 4.21. The first-order valence-corrected chi connectivity index (χ1v) is 7.68. The summed E-state index contributed by atoms with van der Waals surface area (Å²) in [6.45, 7) is 2.16. The Labute approximate surface area is 145 Å². The van der Waals surface area contributed by atoms with Gasteiger partial charge in [0.15, 0.2) is 5.16 Å². The minimum absolute atomic E-state index is 0.161. The second kappa shape index (κ2) is 6.72. The summed E-state index contributed by atoms with van der Waals surface area (Å²) < 4.78 is 6.95. The van der Waals surface area contributed by atoms with Gasteiger partial charge in [0.1, 0.15) is 18.0 Å².